The molecule has 6 nitrogen and oxygen atoms in total. The number of hydrogen-bond donors (Lipinski definition) is 0. The van der Waals surface area contributed by atoms with Crippen molar-refractivity contribution in [2.45, 2.75) is 0 Å². The van der Waals surface area contributed by atoms with Gasteiger partial charge in [-0.25, -0.2) is 15.0 Å². The maximum absolute atomic E-state index is 5.67. The fourth-order valence-electron chi connectivity index (χ4n) is 12.7. The lowest BCUT2D eigenvalue weighted by Crippen LogP contribution is -2.03. The van der Waals surface area contributed by atoms with Crippen molar-refractivity contribution < 1.29 is 0 Å². The van der Waals surface area contributed by atoms with Gasteiger partial charge in [0.15, 0.2) is 17.5 Å². The molecular weight excluding hydrogens is 985 g/mol. The molecule has 12 aromatic carbocycles. The molecule has 4 aromatic heterocycles. The number of aromatic nitrogens is 6. The fourth-order valence-corrected chi connectivity index (χ4v) is 12.7. The van der Waals surface area contributed by atoms with E-state index in [2.05, 4.69) is 305 Å². The maximum Gasteiger partial charge on any atom is 0.164 e. The molecule has 378 valence electrons. The van der Waals surface area contributed by atoms with Crippen LogP contribution >= 0.6 is 0 Å². The highest BCUT2D eigenvalue weighted by molar-refractivity contribution is 6.17. The third-order valence-corrected chi connectivity index (χ3v) is 16.1. The van der Waals surface area contributed by atoms with E-state index >= 15 is 0 Å². The zero-order valence-corrected chi connectivity index (χ0v) is 43.9. The minimum Gasteiger partial charge on any atom is -0.309 e. The first-order valence-electron chi connectivity index (χ1n) is 27.5. The van der Waals surface area contributed by atoms with E-state index in [1.54, 1.807) is 0 Å². The Hall–Kier alpha value is -11.0. The van der Waals surface area contributed by atoms with Crippen molar-refractivity contribution in [2.75, 3.05) is 0 Å². The first-order chi connectivity index (χ1) is 40.2. The zero-order valence-electron chi connectivity index (χ0n) is 43.9. The molecule has 4 heterocycles. The van der Waals surface area contributed by atoms with Crippen molar-refractivity contribution >= 4 is 65.4 Å². The number of rotatable bonds is 9. The molecular formula is C75H48N6. The average molecular weight is 1030 g/mol. The molecule has 16 rings (SSSR count). The Labute approximate surface area is 467 Å². The summed E-state index contributed by atoms with van der Waals surface area (Å²) in [6.45, 7) is 0. The van der Waals surface area contributed by atoms with E-state index in [9.17, 15) is 0 Å². The molecule has 0 saturated heterocycles. The predicted molar refractivity (Wildman–Crippen MR) is 335 cm³/mol. The Morgan fingerprint density at radius 3 is 0.691 bits per heavy atom. The highest BCUT2D eigenvalue weighted by Gasteiger charge is 2.25. The van der Waals surface area contributed by atoms with Crippen LogP contribution in [0.3, 0.4) is 0 Å². The highest BCUT2D eigenvalue weighted by atomic mass is 15.0. The van der Waals surface area contributed by atoms with Crippen LogP contribution in [0.4, 0.5) is 0 Å². The summed E-state index contributed by atoms with van der Waals surface area (Å²) in [7, 11) is 0. The Kier molecular flexibility index (Phi) is 10.8. The lowest BCUT2D eigenvalue weighted by molar-refractivity contribution is 1.07. The Bertz CT molecular complexity index is 4590. The van der Waals surface area contributed by atoms with Gasteiger partial charge in [0.05, 0.1) is 33.1 Å². The Morgan fingerprint density at radius 2 is 0.395 bits per heavy atom. The van der Waals surface area contributed by atoms with E-state index in [0.717, 1.165) is 100 Å². The third-order valence-electron chi connectivity index (χ3n) is 16.1. The molecule has 0 amide bonds. The summed E-state index contributed by atoms with van der Waals surface area (Å²) in [5.74, 6) is 1.72. The first-order valence-corrected chi connectivity index (χ1v) is 27.5. The van der Waals surface area contributed by atoms with Crippen molar-refractivity contribution in [1.82, 2.24) is 28.7 Å². The van der Waals surface area contributed by atoms with Gasteiger partial charge < -0.3 is 13.7 Å². The average Bonchev–Trinajstić information content (AvgIpc) is 4.32. The van der Waals surface area contributed by atoms with Gasteiger partial charge in [-0.3, -0.25) is 0 Å². The summed E-state index contributed by atoms with van der Waals surface area (Å²) in [5.41, 5.74) is 19.0. The SMILES string of the molecule is c1ccc(-n2c3ccccc3c3cccc(-c4ccccc4-c4nc(-c5ccccc5-c5cccc6c7ccccc7n(-c7ccccc7)c56)nc(-c5ccccc5-c5cccc6c7ccccc7n(-c7ccccc7)c56)n4)c32)cc1. The molecule has 0 spiro atoms. The molecule has 0 bridgehead atoms. The van der Waals surface area contributed by atoms with Gasteiger partial charge in [0.25, 0.3) is 0 Å². The summed E-state index contributed by atoms with van der Waals surface area (Å²) < 4.78 is 7.20. The molecule has 0 aliphatic heterocycles. The van der Waals surface area contributed by atoms with Crippen molar-refractivity contribution in [3.05, 3.63) is 291 Å². The van der Waals surface area contributed by atoms with E-state index in [1.165, 1.54) is 32.3 Å². The van der Waals surface area contributed by atoms with Gasteiger partial charge in [0.1, 0.15) is 0 Å². The molecule has 6 heteroatoms. The van der Waals surface area contributed by atoms with Crippen LogP contribution in [0, 0.1) is 0 Å². The molecule has 0 aliphatic rings. The summed E-state index contributed by atoms with van der Waals surface area (Å²) in [4.78, 5) is 17.0. The lowest BCUT2D eigenvalue weighted by Gasteiger charge is -2.17. The van der Waals surface area contributed by atoms with E-state index in [4.69, 9.17) is 15.0 Å². The van der Waals surface area contributed by atoms with Crippen molar-refractivity contribution in [3.8, 4) is 84.6 Å². The molecule has 0 unspecified atom stereocenters. The van der Waals surface area contributed by atoms with Gasteiger partial charge >= 0.3 is 0 Å². The minimum absolute atomic E-state index is 0.572. The van der Waals surface area contributed by atoms with Crippen LogP contribution in [0.1, 0.15) is 0 Å². The monoisotopic (exact) mass is 1030 g/mol. The van der Waals surface area contributed by atoms with Crippen molar-refractivity contribution in [1.29, 1.82) is 0 Å². The smallest absolute Gasteiger partial charge is 0.164 e. The van der Waals surface area contributed by atoms with Crippen LogP contribution in [0.15, 0.2) is 291 Å². The van der Waals surface area contributed by atoms with Gasteiger partial charge in [-0.2, -0.15) is 0 Å². The zero-order chi connectivity index (χ0) is 53.4. The molecule has 0 radical (unpaired) electrons. The van der Waals surface area contributed by atoms with E-state index < -0.39 is 0 Å². The quantitative estimate of drug-likeness (QED) is 0.145. The largest absolute Gasteiger partial charge is 0.309 e. The fraction of sp³-hybridized carbons (Fsp3) is 0. The minimum atomic E-state index is 0.572. The second-order valence-electron chi connectivity index (χ2n) is 20.6. The van der Waals surface area contributed by atoms with E-state index in [0.29, 0.717) is 17.5 Å². The highest BCUT2D eigenvalue weighted by Crippen LogP contribution is 2.46. The van der Waals surface area contributed by atoms with Crippen LogP contribution in [-0.4, -0.2) is 28.7 Å². The number of benzene rings is 12. The molecule has 0 saturated carbocycles. The third kappa shape index (κ3) is 7.38. The second-order valence-corrected chi connectivity index (χ2v) is 20.6. The molecule has 0 aliphatic carbocycles. The van der Waals surface area contributed by atoms with Gasteiger partial charge in [0, 0.05) is 82.8 Å². The molecule has 16 aromatic rings. The topological polar surface area (TPSA) is 53.5 Å². The van der Waals surface area contributed by atoms with Crippen LogP contribution in [0.2, 0.25) is 0 Å². The van der Waals surface area contributed by atoms with Crippen LogP contribution in [-0.2, 0) is 0 Å². The van der Waals surface area contributed by atoms with Gasteiger partial charge in [0.2, 0.25) is 0 Å². The number of fused-ring (bicyclic) bond motifs is 9. The van der Waals surface area contributed by atoms with Crippen LogP contribution in [0.25, 0.3) is 150 Å². The summed E-state index contributed by atoms with van der Waals surface area (Å²) >= 11 is 0. The molecule has 0 fully saturated rings. The summed E-state index contributed by atoms with van der Waals surface area (Å²) in [6.07, 6.45) is 0. The van der Waals surface area contributed by atoms with E-state index in [-0.39, 0.29) is 0 Å². The van der Waals surface area contributed by atoms with Gasteiger partial charge in [-0.05, 0) is 71.3 Å². The van der Waals surface area contributed by atoms with Crippen molar-refractivity contribution in [3.63, 3.8) is 0 Å². The van der Waals surface area contributed by atoms with Gasteiger partial charge in [-0.1, -0.05) is 237 Å². The maximum atomic E-state index is 5.67. The van der Waals surface area contributed by atoms with Gasteiger partial charge in [-0.15, -0.1) is 0 Å². The Morgan fingerprint density at radius 1 is 0.173 bits per heavy atom. The molecule has 81 heavy (non-hydrogen) atoms. The predicted octanol–water partition coefficient (Wildman–Crippen LogP) is 19.2. The summed E-state index contributed by atoms with van der Waals surface area (Å²) in [6, 6.07) is 104. The van der Waals surface area contributed by atoms with Crippen LogP contribution < -0.4 is 0 Å². The Balaban J connectivity index is 0.977. The summed E-state index contributed by atoms with van der Waals surface area (Å²) in [5, 5.41) is 7.09. The number of hydrogen-bond acceptors (Lipinski definition) is 3. The normalized spacial score (nSPS) is 11.7. The second kappa shape index (κ2) is 18.9. The van der Waals surface area contributed by atoms with Crippen LogP contribution in [0.5, 0.6) is 0 Å². The number of para-hydroxylation sites is 9. The lowest BCUT2D eigenvalue weighted by atomic mass is 9.95. The standard InChI is InChI=1S/C75H48N6/c1-4-25-49(26-5-1)79-67-46-19-16-34-55(67)61-43-22-40-58(70(61)79)52-31-10-13-37-64(52)73-76-74(65-38-14-11-32-53(65)59-41-23-44-62-56-35-17-20-47-68(56)80(71(59)62)50-27-6-2-7-28-50)78-75(77-73)66-39-15-12-33-54(66)60-42-24-45-63-57-36-18-21-48-69(57)81(72(60)63)51-29-8-3-9-30-51/h1-48H. The molecule has 0 N–H and O–H groups in total. The number of nitrogens with zero attached hydrogens (tertiary/aromatic N) is 6. The first kappa shape index (κ1) is 46.2. The van der Waals surface area contributed by atoms with E-state index in [1.807, 2.05) is 0 Å². The van der Waals surface area contributed by atoms with Crippen molar-refractivity contribution in [2.24, 2.45) is 0 Å². The molecule has 0 atom stereocenters.